The quantitative estimate of drug-likeness (QED) is 0.243. The van der Waals surface area contributed by atoms with Gasteiger partial charge in [0.15, 0.2) is 6.10 Å². The van der Waals surface area contributed by atoms with E-state index in [4.69, 9.17) is 9.47 Å². The minimum absolute atomic E-state index is 0.0273. The highest BCUT2D eigenvalue weighted by molar-refractivity contribution is 5.87. The highest BCUT2D eigenvalue weighted by Crippen LogP contribution is 2.37. The van der Waals surface area contributed by atoms with Crippen LogP contribution in [0.25, 0.3) is 0 Å². The van der Waals surface area contributed by atoms with Gasteiger partial charge in [-0.05, 0) is 63.6 Å². The van der Waals surface area contributed by atoms with Gasteiger partial charge in [-0.15, -0.1) is 0 Å². The molecule has 1 aromatic heterocycles. The first-order chi connectivity index (χ1) is 21.8. The third-order valence-electron chi connectivity index (χ3n) is 7.76. The Hall–Kier alpha value is -4.68. The first-order valence-corrected chi connectivity index (χ1v) is 15.6. The molecule has 248 valence electrons. The summed E-state index contributed by atoms with van der Waals surface area (Å²) in [4.78, 5) is 78.3. The minimum atomic E-state index is -1.45. The summed E-state index contributed by atoms with van der Waals surface area (Å²) in [5, 5.41) is 10.9. The van der Waals surface area contributed by atoms with Crippen molar-refractivity contribution in [2.24, 2.45) is 11.8 Å². The van der Waals surface area contributed by atoms with Crippen LogP contribution in [0.2, 0.25) is 0 Å². The van der Waals surface area contributed by atoms with Gasteiger partial charge in [0.2, 0.25) is 11.8 Å². The fourth-order valence-electron chi connectivity index (χ4n) is 5.38. The molecule has 13 heteroatoms. The lowest BCUT2D eigenvalue weighted by Crippen LogP contribution is -2.55. The molecule has 0 spiro atoms. The fraction of sp³-hybridized carbons (Fsp3) is 0.515. The average molecular weight is 638 g/mol. The van der Waals surface area contributed by atoms with Crippen LogP contribution >= 0.6 is 0 Å². The van der Waals surface area contributed by atoms with Crippen LogP contribution in [0.3, 0.4) is 0 Å². The van der Waals surface area contributed by atoms with Crippen molar-refractivity contribution in [3.05, 3.63) is 64.6 Å². The molecular weight excluding hydrogens is 594 g/mol. The van der Waals surface area contributed by atoms with E-state index < -0.39 is 59.1 Å². The number of anilines is 1. The molecule has 1 saturated heterocycles. The number of carbonyl (C=O) groups is 5. The molecule has 2 heterocycles. The molecule has 2 fully saturated rings. The Morgan fingerprint density at radius 3 is 2.30 bits per heavy atom. The molecule has 4 rings (SSSR count). The van der Waals surface area contributed by atoms with E-state index in [0.717, 1.165) is 25.3 Å². The van der Waals surface area contributed by atoms with Crippen LogP contribution in [-0.4, -0.2) is 58.6 Å². The van der Waals surface area contributed by atoms with Crippen molar-refractivity contribution in [2.75, 3.05) is 11.9 Å². The number of hydrogen-bond donors (Lipinski definition) is 4. The molecule has 46 heavy (non-hydrogen) atoms. The summed E-state index contributed by atoms with van der Waals surface area (Å²) in [7, 11) is 0. The molecule has 1 unspecified atom stereocenters. The third kappa shape index (κ3) is 9.91. The standard InChI is InChI=1S/C33H43N5O8/c1-20(39)45-27(30(42)35-19-22-9-6-5-7-10-22)25(18-23-14-15-34-28(23)40)36-29(41)26(17-21-12-13-21)38-16-8-11-24(31(38)43)37-32(44)46-33(2,3)4/h5-11,16,21,23,25-27H,12-15,17-19H2,1-4H3,(H,34,40)(H,35,42)(H,36,41)(H,37,44)/t23-,25-,26-,27?/m0/s1. The lowest BCUT2D eigenvalue weighted by atomic mass is 9.93. The Labute approximate surface area is 267 Å². The Morgan fingerprint density at radius 1 is 0.978 bits per heavy atom. The molecule has 1 aromatic carbocycles. The monoisotopic (exact) mass is 637 g/mol. The number of nitrogens with zero attached hydrogens (tertiary/aromatic N) is 1. The zero-order valence-electron chi connectivity index (χ0n) is 26.7. The summed E-state index contributed by atoms with van der Waals surface area (Å²) in [5.41, 5.74) is -0.652. The summed E-state index contributed by atoms with van der Waals surface area (Å²) in [6, 6.07) is 10.0. The van der Waals surface area contributed by atoms with Crippen molar-refractivity contribution in [3.63, 3.8) is 0 Å². The van der Waals surface area contributed by atoms with Crippen molar-refractivity contribution in [1.82, 2.24) is 20.5 Å². The Balaban J connectivity index is 1.61. The molecule has 4 atom stereocenters. The second kappa shape index (κ2) is 15.1. The third-order valence-corrected chi connectivity index (χ3v) is 7.76. The van der Waals surface area contributed by atoms with Gasteiger partial charge in [0.25, 0.3) is 11.5 Å². The van der Waals surface area contributed by atoms with Crippen LogP contribution in [0.4, 0.5) is 10.5 Å². The maximum atomic E-state index is 14.1. The Kier molecular flexibility index (Phi) is 11.2. The molecule has 1 aliphatic heterocycles. The van der Waals surface area contributed by atoms with Gasteiger partial charge < -0.3 is 30.0 Å². The lowest BCUT2D eigenvalue weighted by molar-refractivity contribution is -0.157. The van der Waals surface area contributed by atoms with Gasteiger partial charge in [-0.3, -0.25) is 29.3 Å². The molecule has 0 radical (unpaired) electrons. The van der Waals surface area contributed by atoms with E-state index in [0.29, 0.717) is 19.4 Å². The van der Waals surface area contributed by atoms with Gasteiger partial charge in [-0.2, -0.15) is 0 Å². The molecule has 1 saturated carbocycles. The van der Waals surface area contributed by atoms with E-state index in [2.05, 4.69) is 21.3 Å². The Bertz CT molecular complexity index is 1480. The van der Waals surface area contributed by atoms with E-state index in [9.17, 15) is 28.8 Å². The maximum Gasteiger partial charge on any atom is 0.412 e. The summed E-state index contributed by atoms with van der Waals surface area (Å²) in [6.07, 6.45) is 1.81. The highest BCUT2D eigenvalue weighted by atomic mass is 16.6. The number of amides is 4. The number of carbonyl (C=O) groups excluding carboxylic acids is 5. The topological polar surface area (TPSA) is 174 Å². The maximum absolute atomic E-state index is 14.1. The van der Waals surface area contributed by atoms with Gasteiger partial charge >= 0.3 is 12.1 Å². The molecule has 13 nitrogen and oxygen atoms in total. The van der Waals surface area contributed by atoms with Gasteiger partial charge in [0.1, 0.15) is 17.3 Å². The molecule has 1 aliphatic carbocycles. The zero-order chi connectivity index (χ0) is 33.4. The van der Waals surface area contributed by atoms with Crippen LogP contribution in [0, 0.1) is 11.8 Å². The number of benzene rings is 1. The number of pyridine rings is 1. The second-order valence-electron chi connectivity index (χ2n) is 12.8. The van der Waals surface area contributed by atoms with Gasteiger partial charge in [-0.1, -0.05) is 43.2 Å². The zero-order valence-corrected chi connectivity index (χ0v) is 26.7. The van der Waals surface area contributed by atoms with Gasteiger partial charge in [0, 0.05) is 32.1 Å². The molecule has 2 aliphatic rings. The number of esters is 1. The van der Waals surface area contributed by atoms with E-state index in [1.165, 1.54) is 16.8 Å². The minimum Gasteiger partial charge on any atom is -0.450 e. The van der Waals surface area contributed by atoms with Crippen molar-refractivity contribution in [2.45, 2.75) is 90.1 Å². The fourth-order valence-corrected chi connectivity index (χ4v) is 5.38. The second-order valence-corrected chi connectivity index (χ2v) is 12.8. The van der Waals surface area contributed by atoms with Crippen LogP contribution in [0.1, 0.15) is 71.4 Å². The van der Waals surface area contributed by atoms with E-state index >= 15 is 0 Å². The molecule has 2 aromatic rings. The van der Waals surface area contributed by atoms with Crippen LogP contribution in [-0.2, 0) is 35.2 Å². The Morgan fingerprint density at radius 2 is 1.70 bits per heavy atom. The lowest BCUT2D eigenvalue weighted by Gasteiger charge is -2.30. The number of nitrogens with one attached hydrogen (secondary N) is 4. The molecule has 4 amide bonds. The predicted molar refractivity (Wildman–Crippen MR) is 168 cm³/mol. The van der Waals surface area contributed by atoms with Crippen molar-refractivity contribution in [3.8, 4) is 0 Å². The summed E-state index contributed by atoms with van der Waals surface area (Å²) >= 11 is 0. The number of rotatable bonds is 13. The summed E-state index contributed by atoms with van der Waals surface area (Å²) < 4.78 is 12.0. The average Bonchev–Trinajstić information content (AvgIpc) is 3.73. The van der Waals surface area contributed by atoms with Gasteiger partial charge in [-0.25, -0.2) is 4.79 Å². The normalized spacial score (nSPS) is 18.0. The first-order valence-electron chi connectivity index (χ1n) is 15.6. The molecule has 4 N–H and O–H groups in total. The van der Waals surface area contributed by atoms with Crippen LogP contribution in [0.15, 0.2) is 53.5 Å². The number of hydrogen-bond acceptors (Lipinski definition) is 8. The molecule has 0 bridgehead atoms. The van der Waals surface area contributed by atoms with Crippen molar-refractivity contribution >= 4 is 35.5 Å². The largest absolute Gasteiger partial charge is 0.450 e. The summed E-state index contributed by atoms with van der Waals surface area (Å²) in [6.45, 7) is 6.85. The predicted octanol–water partition coefficient (Wildman–Crippen LogP) is 2.80. The van der Waals surface area contributed by atoms with Crippen LogP contribution < -0.4 is 26.8 Å². The van der Waals surface area contributed by atoms with Gasteiger partial charge in [0.05, 0.1) is 6.04 Å². The van der Waals surface area contributed by atoms with Crippen molar-refractivity contribution in [1.29, 1.82) is 0 Å². The van der Waals surface area contributed by atoms with Crippen LogP contribution in [0.5, 0.6) is 0 Å². The number of aromatic nitrogens is 1. The summed E-state index contributed by atoms with van der Waals surface area (Å²) in [5.74, 6) is -2.51. The smallest absolute Gasteiger partial charge is 0.412 e. The molecular formula is C33H43N5O8. The van der Waals surface area contributed by atoms with E-state index in [-0.39, 0.29) is 30.5 Å². The SMILES string of the molecule is CC(=O)OC(C(=O)NCc1ccccc1)[C@H](C[C@@H]1CCNC1=O)NC(=O)[C@H](CC1CC1)n1cccc(NC(=O)OC(C)(C)C)c1=O. The first kappa shape index (κ1) is 34.2. The number of ether oxygens (including phenoxy) is 2. The van der Waals surface area contributed by atoms with Crippen molar-refractivity contribution < 1.29 is 33.4 Å². The van der Waals surface area contributed by atoms with E-state index in [1.807, 2.05) is 30.3 Å². The highest BCUT2D eigenvalue weighted by Gasteiger charge is 2.39. The van der Waals surface area contributed by atoms with E-state index in [1.54, 1.807) is 26.8 Å².